The molecule has 0 N–H and O–H groups in total. The largest absolute Gasteiger partial charge is 0.566 e. The molecule has 56 heavy (non-hydrogen) atoms. The first kappa shape index (κ1) is 43.2. The van der Waals surface area contributed by atoms with Gasteiger partial charge in [-0.3, -0.25) is 19.2 Å². The number of nitrogens with zero attached hydrogens (tertiary/aromatic N) is 3. The van der Waals surface area contributed by atoms with Gasteiger partial charge >= 0.3 is 44.1 Å². The molecule has 2 heterocycles. The number of hydrogen-bond donors (Lipinski definition) is 0. The molecule has 2 aliphatic heterocycles. The molecular weight excluding hydrogens is 769 g/mol. The van der Waals surface area contributed by atoms with Gasteiger partial charge in [0.1, 0.15) is 43.7 Å². The number of carbonyl (C=O) groups excluding carboxylic acids is 6. The molecule has 2 aliphatic rings. The first-order valence-corrected chi connectivity index (χ1v) is 17.7. The van der Waals surface area contributed by atoms with Crippen LogP contribution >= 0.6 is 8.25 Å². The average Bonchev–Trinajstić information content (AvgIpc) is 3.14. The Morgan fingerprint density at radius 2 is 1.16 bits per heavy atom. The standard InChI is InChI=1S/C34H36N3O18P/c1-17(38)46-15-23-27(48-18(2)39)29(49-19(3)40)30(50-20(4)41)34(52-23)54-26-24(16-47-31(42)21-11-7-5-8-12-21)51-33(55-56(44)45)25(36-37-35)28(26)53-32(43)22-13-9-6-10-14-22/h5-14,23-30,33-34H,15-16H2,1-4H3/t23-,24-,25+,26-,27+,28-,29+,30-,33+,34+/m1/s1. The zero-order valence-corrected chi connectivity index (χ0v) is 31.0. The van der Waals surface area contributed by atoms with Gasteiger partial charge in [0.15, 0.2) is 24.6 Å². The van der Waals surface area contributed by atoms with E-state index in [1.54, 1.807) is 24.3 Å². The van der Waals surface area contributed by atoms with E-state index in [9.17, 15) is 43.8 Å². The van der Waals surface area contributed by atoms with E-state index in [0.29, 0.717) is 0 Å². The number of carbonyl (C=O) groups is 6. The van der Waals surface area contributed by atoms with E-state index in [4.69, 9.17) is 47.2 Å². The molecular formula is C34H36N3O18P. The van der Waals surface area contributed by atoms with E-state index in [1.807, 2.05) is 0 Å². The van der Waals surface area contributed by atoms with Crippen LogP contribution in [-0.2, 0) is 70.9 Å². The first-order valence-electron chi connectivity index (χ1n) is 16.6. The third kappa shape index (κ3) is 12.0. The fraction of sp³-hybridized carbons (Fsp3) is 0.471. The summed E-state index contributed by atoms with van der Waals surface area (Å²) in [4.78, 5) is 90.2. The van der Waals surface area contributed by atoms with E-state index in [1.165, 1.54) is 36.4 Å². The number of benzene rings is 2. The molecule has 0 saturated carbocycles. The van der Waals surface area contributed by atoms with Crippen LogP contribution in [0.4, 0.5) is 0 Å². The van der Waals surface area contributed by atoms with Crippen molar-refractivity contribution in [2.75, 3.05) is 13.2 Å². The Balaban J connectivity index is 1.86. The van der Waals surface area contributed by atoms with Gasteiger partial charge in [0.2, 0.25) is 6.29 Å². The lowest BCUT2D eigenvalue weighted by Crippen LogP contribution is -2.66. The van der Waals surface area contributed by atoms with E-state index >= 15 is 0 Å². The van der Waals surface area contributed by atoms with Crippen molar-refractivity contribution in [1.29, 1.82) is 0 Å². The summed E-state index contributed by atoms with van der Waals surface area (Å²) in [5.74, 6) is -5.57. The van der Waals surface area contributed by atoms with Gasteiger partial charge in [-0.05, 0) is 34.4 Å². The Morgan fingerprint density at radius 3 is 1.70 bits per heavy atom. The maximum atomic E-state index is 13.6. The summed E-state index contributed by atoms with van der Waals surface area (Å²) >= 11 is 0. The van der Waals surface area contributed by atoms with Crippen molar-refractivity contribution in [2.45, 2.75) is 89.0 Å². The van der Waals surface area contributed by atoms with Crippen molar-refractivity contribution in [1.82, 2.24) is 0 Å². The Hall–Kier alpha value is -5.53. The number of rotatable bonds is 15. The molecule has 0 aliphatic carbocycles. The molecule has 2 fully saturated rings. The maximum absolute atomic E-state index is 13.6. The summed E-state index contributed by atoms with van der Waals surface area (Å²) in [5, 5.41) is 3.58. The Morgan fingerprint density at radius 1 is 0.661 bits per heavy atom. The van der Waals surface area contributed by atoms with Gasteiger partial charge in [-0.15, -0.1) is 4.52 Å². The Bertz CT molecular complexity index is 1790. The number of esters is 6. The van der Waals surface area contributed by atoms with E-state index < -0.39 is 119 Å². The first-order chi connectivity index (χ1) is 26.7. The van der Waals surface area contributed by atoms with Crippen molar-refractivity contribution >= 4 is 44.1 Å². The maximum Gasteiger partial charge on any atom is 0.491 e. The minimum absolute atomic E-state index is 0.0239. The Labute approximate surface area is 318 Å². The minimum atomic E-state index is -3.72. The lowest BCUT2D eigenvalue weighted by Gasteiger charge is -2.48. The van der Waals surface area contributed by atoms with Crippen LogP contribution in [0.15, 0.2) is 65.8 Å². The fourth-order valence-electron chi connectivity index (χ4n) is 5.71. The average molecular weight is 806 g/mol. The van der Waals surface area contributed by atoms with Gasteiger partial charge in [-0.1, -0.05) is 41.5 Å². The molecule has 2 aromatic rings. The molecule has 4 rings (SSSR count). The van der Waals surface area contributed by atoms with Gasteiger partial charge in [0.25, 0.3) is 0 Å². The van der Waals surface area contributed by atoms with Crippen LogP contribution in [0.3, 0.4) is 0 Å². The Kier molecular flexibility index (Phi) is 15.7. The van der Waals surface area contributed by atoms with Crippen LogP contribution in [0.1, 0.15) is 48.4 Å². The van der Waals surface area contributed by atoms with Crippen molar-refractivity contribution in [3.8, 4) is 0 Å². The molecule has 0 radical (unpaired) electrons. The third-order valence-electron chi connectivity index (χ3n) is 7.87. The third-order valence-corrected chi connectivity index (χ3v) is 8.25. The molecule has 21 nitrogen and oxygen atoms in total. The van der Waals surface area contributed by atoms with Crippen LogP contribution in [0.25, 0.3) is 10.4 Å². The van der Waals surface area contributed by atoms with Crippen LogP contribution < -0.4 is 4.89 Å². The van der Waals surface area contributed by atoms with E-state index in [2.05, 4.69) is 10.0 Å². The topological polar surface area (TPSA) is 284 Å². The second kappa shape index (κ2) is 20.4. The van der Waals surface area contributed by atoms with Gasteiger partial charge in [-0.2, -0.15) is 0 Å². The highest BCUT2D eigenvalue weighted by Crippen LogP contribution is 2.37. The molecule has 0 bridgehead atoms. The molecule has 0 aromatic heterocycles. The summed E-state index contributed by atoms with van der Waals surface area (Å²) in [7, 11) is -3.72. The highest BCUT2D eigenvalue weighted by molar-refractivity contribution is 7.30. The zero-order chi connectivity index (χ0) is 40.9. The molecule has 22 heteroatoms. The summed E-state index contributed by atoms with van der Waals surface area (Å²) in [6.07, 6.45) is -15.9. The van der Waals surface area contributed by atoms with Gasteiger partial charge in [0, 0.05) is 32.6 Å². The predicted molar refractivity (Wildman–Crippen MR) is 179 cm³/mol. The normalized spacial score (nSPS) is 27.3. The van der Waals surface area contributed by atoms with Crippen LogP contribution in [-0.4, -0.2) is 110 Å². The van der Waals surface area contributed by atoms with Crippen molar-refractivity contribution < 1.29 is 85.4 Å². The molecule has 2 saturated heterocycles. The molecule has 0 spiro atoms. The van der Waals surface area contributed by atoms with Crippen molar-refractivity contribution in [3.05, 3.63) is 82.2 Å². The van der Waals surface area contributed by atoms with Crippen LogP contribution in [0, 0.1) is 0 Å². The molecule has 300 valence electrons. The number of azide groups is 1. The SMILES string of the molecule is CC(=O)OC[C@H]1O[C@@H](O[C@H]2[C@H](OC(=O)c3ccccc3)[C@H](N=[N+]=[N-])[C@H](O[P+](=O)[O-])O[C@@H]2COC(=O)c2ccccc2)[C@H](OC(C)=O)[C@@H](OC(C)=O)[C@H]1OC(C)=O. The quantitative estimate of drug-likeness (QED) is 0.0621. The molecule has 0 amide bonds. The summed E-state index contributed by atoms with van der Waals surface area (Å²) in [6, 6.07) is 13.2. The van der Waals surface area contributed by atoms with Crippen molar-refractivity contribution in [2.24, 2.45) is 5.11 Å². The van der Waals surface area contributed by atoms with Crippen molar-refractivity contribution in [3.63, 3.8) is 0 Å². The van der Waals surface area contributed by atoms with Crippen LogP contribution in [0.2, 0.25) is 0 Å². The lowest BCUT2D eigenvalue weighted by molar-refractivity contribution is -0.345. The summed E-state index contributed by atoms with van der Waals surface area (Å²) in [5.41, 5.74) is 9.62. The highest BCUT2D eigenvalue weighted by atomic mass is 31.1. The molecule has 11 atom stereocenters. The van der Waals surface area contributed by atoms with Gasteiger partial charge in [0.05, 0.1) is 11.1 Å². The van der Waals surface area contributed by atoms with E-state index in [0.717, 1.165) is 27.7 Å². The molecule has 1 unspecified atom stereocenters. The lowest BCUT2D eigenvalue weighted by atomic mass is 9.95. The number of hydrogen-bond acceptors (Lipinski definition) is 19. The number of ether oxygens (including phenoxy) is 9. The monoisotopic (exact) mass is 805 g/mol. The minimum Gasteiger partial charge on any atom is -0.566 e. The highest BCUT2D eigenvalue weighted by Gasteiger charge is 2.57. The second-order valence-corrected chi connectivity index (χ2v) is 12.6. The zero-order valence-electron chi connectivity index (χ0n) is 30.1. The smallest absolute Gasteiger partial charge is 0.491 e. The predicted octanol–water partition coefficient (Wildman–Crippen LogP) is 1.98. The van der Waals surface area contributed by atoms with Gasteiger partial charge < -0.3 is 47.5 Å². The second-order valence-electron chi connectivity index (χ2n) is 11.9. The molecule has 2 aromatic carbocycles. The fourth-order valence-corrected chi connectivity index (χ4v) is 6.06. The van der Waals surface area contributed by atoms with E-state index in [-0.39, 0.29) is 11.1 Å². The van der Waals surface area contributed by atoms with Gasteiger partial charge in [-0.25, -0.2) is 9.59 Å². The summed E-state index contributed by atoms with van der Waals surface area (Å²) in [6.45, 7) is 2.65. The summed E-state index contributed by atoms with van der Waals surface area (Å²) < 4.78 is 67.7. The van der Waals surface area contributed by atoms with Crippen LogP contribution in [0.5, 0.6) is 0 Å².